The average Bonchev–Trinajstić information content (AvgIpc) is 3.07. The smallest absolute Gasteiger partial charge is 0.263 e. The van der Waals surface area contributed by atoms with Crippen molar-refractivity contribution in [3.63, 3.8) is 0 Å². The van der Waals surface area contributed by atoms with E-state index in [1.807, 2.05) is 32.0 Å². The number of nitrogens with zero attached hydrogens (tertiary/aromatic N) is 2. The quantitative estimate of drug-likeness (QED) is 0.698. The number of hydrogen-bond donors (Lipinski definition) is 1. The molecule has 1 aliphatic heterocycles. The van der Waals surface area contributed by atoms with Crippen LogP contribution in [0.15, 0.2) is 18.2 Å². The molecule has 1 aliphatic rings. The Morgan fingerprint density at radius 2 is 2.18 bits per heavy atom. The summed E-state index contributed by atoms with van der Waals surface area (Å²) in [6, 6.07) is 6.60. The van der Waals surface area contributed by atoms with Crippen LogP contribution in [0.3, 0.4) is 0 Å². The first-order chi connectivity index (χ1) is 13.5. The summed E-state index contributed by atoms with van der Waals surface area (Å²) in [4.78, 5) is 20.5. The molecule has 1 amide bonds. The topological polar surface area (TPSA) is 54.5 Å². The number of nitrogens with one attached hydrogen (secondary N) is 1. The van der Waals surface area contributed by atoms with Gasteiger partial charge in [0.15, 0.2) is 0 Å². The van der Waals surface area contributed by atoms with Gasteiger partial charge in [0.2, 0.25) is 0 Å². The molecule has 0 saturated carbocycles. The van der Waals surface area contributed by atoms with Crippen molar-refractivity contribution in [1.82, 2.24) is 15.2 Å². The van der Waals surface area contributed by atoms with E-state index >= 15 is 0 Å². The Kier molecular flexibility index (Phi) is 7.08. The van der Waals surface area contributed by atoms with Gasteiger partial charge in [0.05, 0.1) is 12.8 Å². The molecule has 0 spiro atoms. The number of thiazole rings is 1. The summed E-state index contributed by atoms with van der Waals surface area (Å²) in [5, 5.41) is 3.96. The fourth-order valence-corrected chi connectivity index (χ4v) is 4.85. The van der Waals surface area contributed by atoms with Crippen LogP contribution in [-0.2, 0) is 0 Å². The number of hydrogen-bond acceptors (Lipinski definition) is 5. The zero-order valence-corrected chi connectivity index (χ0v) is 18.2. The molecule has 2 heterocycles. The molecule has 28 heavy (non-hydrogen) atoms. The Balaban J connectivity index is 1.57. The van der Waals surface area contributed by atoms with Gasteiger partial charge >= 0.3 is 0 Å². The van der Waals surface area contributed by atoms with Crippen molar-refractivity contribution in [3.05, 3.63) is 34.3 Å². The first kappa shape index (κ1) is 20.8. The summed E-state index contributed by atoms with van der Waals surface area (Å²) in [5.74, 6) is 0.814. The summed E-state index contributed by atoms with van der Waals surface area (Å²) >= 11 is 1.46. The van der Waals surface area contributed by atoms with E-state index in [1.165, 1.54) is 37.1 Å². The average molecular weight is 402 g/mol. The Bertz CT molecular complexity index is 818. The second-order valence-electron chi connectivity index (χ2n) is 7.60. The summed E-state index contributed by atoms with van der Waals surface area (Å²) in [7, 11) is 1.66. The number of carbonyl (C=O) groups excluding carboxylic acids is 1. The number of piperidine rings is 1. The van der Waals surface area contributed by atoms with Crippen LogP contribution in [0.25, 0.3) is 10.6 Å². The van der Waals surface area contributed by atoms with Crippen LogP contribution < -0.4 is 10.1 Å². The van der Waals surface area contributed by atoms with E-state index in [9.17, 15) is 4.79 Å². The van der Waals surface area contributed by atoms with Gasteiger partial charge in [-0.1, -0.05) is 6.42 Å². The van der Waals surface area contributed by atoms with Crippen molar-refractivity contribution < 1.29 is 9.53 Å². The third-order valence-electron chi connectivity index (χ3n) is 5.52. The van der Waals surface area contributed by atoms with E-state index in [0.29, 0.717) is 17.5 Å². The van der Waals surface area contributed by atoms with Crippen LogP contribution in [0.5, 0.6) is 5.75 Å². The minimum absolute atomic E-state index is 0.0147. The first-order valence-electron chi connectivity index (χ1n) is 10.1. The maximum absolute atomic E-state index is 12.6. The van der Waals surface area contributed by atoms with Crippen molar-refractivity contribution >= 4 is 17.2 Å². The van der Waals surface area contributed by atoms with Crippen LogP contribution in [0.2, 0.25) is 0 Å². The molecule has 0 bridgehead atoms. The third-order valence-corrected chi connectivity index (χ3v) is 6.70. The van der Waals surface area contributed by atoms with E-state index in [1.54, 1.807) is 7.11 Å². The van der Waals surface area contributed by atoms with Gasteiger partial charge in [-0.15, -0.1) is 11.3 Å². The number of ether oxygens (including phenoxy) is 1. The van der Waals surface area contributed by atoms with Crippen molar-refractivity contribution in [3.8, 4) is 16.3 Å². The van der Waals surface area contributed by atoms with Gasteiger partial charge in [0, 0.05) is 24.7 Å². The number of rotatable bonds is 7. The maximum atomic E-state index is 12.6. The monoisotopic (exact) mass is 401 g/mol. The van der Waals surface area contributed by atoms with Crippen molar-refractivity contribution in [2.24, 2.45) is 0 Å². The first-order valence-corrected chi connectivity index (χ1v) is 11.0. The lowest BCUT2D eigenvalue weighted by atomic mass is 10.0. The third kappa shape index (κ3) is 4.92. The van der Waals surface area contributed by atoms with Crippen molar-refractivity contribution in [2.75, 3.05) is 26.7 Å². The number of amides is 1. The number of methoxy groups -OCH3 is 1. The normalized spacial score (nSPS) is 17.5. The maximum Gasteiger partial charge on any atom is 0.263 e. The molecule has 152 valence electrons. The van der Waals surface area contributed by atoms with Crippen molar-refractivity contribution in [2.45, 2.75) is 52.5 Å². The molecule has 6 heteroatoms. The van der Waals surface area contributed by atoms with E-state index in [4.69, 9.17) is 4.74 Å². The van der Waals surface area contributed by atoms with E-state index in [2.05, 4.69) is 22.1 Å². The fraction of sp³-hybridized carbons (Fsp3) is 0.545. The fourth-order valence-electron chi connectivity index (χ4n) is 3.78. The van der Waals surface area contributed by atoms with Gasteiger partial charge in [-0.25, -0.2) is 4.98 Å². The number of aromatic nitrogens is 1. The van der Waals surface area contributed by atoms with Crippen LogP contribution in [0.4, 0.5) is 0 Å². The zero-order valence-electron chi connectivity index (χ0n) is 17.4. The van der Waals surface area contributed by atoms with E-state index in [0.717, 1.165) is 40.5 Å². The van der Waals surface area contributed by atoms with Crippen LogP contribution >= 0.6 is 11.3 Å². The van der Waals surface area contributed by atoms with Gasteiger partial charge in [-0.05, 0) is 70.3 Å². The lowest BCUT2D eigenvalue weighted by Gasteiger charge is -2.33. The van der Waals surface area contributed by atoms with Gasteiger partial charge in [0.25, 0.3) is 5.91 Å². The largest absolute Gasteiger partial charge is 0.497 e. The van der Waals surface area contributed by atoms with Gasteiger partial charge in [-0.3, -0.25) is 4.79 Å². The van der Waals surface area contributed by atoms with Crippen molar-refractivity contribution in [1.29, 1.82) is 0 Å². The molecule has 0 aliphatic carbocycles. The SMILES string of the molecule is COc1ccc(-c2nc(C)c(C(=O)NCCCN3CCCCC3C)s2)c(C)c1. The number of benzene rings is 1. The molecule has 1 N–H and O–H groups in total. The zero-order chi connectivity index (χ0) is 20.1. The molecule has 1 aromatic carbocycles. The summed E-state index contributed by atoms with van der Waals surface area (Å²) in [5.41, 5.74) is 2.93. The van der Waals surface area contributed by atoms with Gasteiger partial charge in [0.1, 0.15) is 15.6 Å². The van der Waals surface area contributed by atoms with E-state index in [-0.39, 0.29) is 5.91 Å². The molecular formula is C22H31N3O2S. The number of carbonyl (C=O) groups is 1. The molecule has 1 saturated heterocycles. The highest BCUT2D eigenvalue weighted by Gasteiger charge is 2.19. The Morgan fingerprint density at radius 3 is 2.89 bits per heavy atom. The standard InChI is InChI=1S/C22H31N3O2S/c1-15-14-18(27-4)9-10-19(15)22-24-17(3)20(28-22)21(26)23-11-7-13-25-12-6-5-8-16(25)2/h9-10,14,16H,5-8,11-13H2,1-4H3,(H,23,26). The highest BCUT2D eigenvalue weighted by atomic mass is 32.1. The molecule has 0 radical (unpaired) electrons. The Hall–Kier alpha value is -1.92. The molecule has 1 fully saturated rings. The molecule has 2 aromatic rings. The summed E-state index contributed by atoms with van der Waals surface area (Å²) < 4.78 is 5.27. The van der Waals surface area contributed by atoms with Crippen LogP contribution in [0.1, 0.15) is 53.5 Å². The number of likely N-dealkylation sites (tertiary alicyclic amines) is 1. The molecule has 1 unspecified atom stereocenters. The van der Waals surface area contributed by atoms with Crippen LogP contribution in [-0.4, -0.2) is 48.6 Å². The molecule has 5 nitrogen and oxygen atoms in total. The second-order valence-corrected chi connectivity index (χ2v) is 8.60. The minimum Gasteiger partial charge on any atom is -0.497 e. The predicted molar refractivity (Wildman–Crippen MR) is 115 cm³/mol. The molecular weight excluding hydrogens is 370 g/mol. The highest BCUT2D eigenvalue weighted by molar-refractivity contribution is 7.17. The van der Waals surface area contributed by atoms with E-state index < -0.39 is 0 Å². The molecule has 1 atom stereocenters. The van der Waals surface area contributed by atoms with Gasteiger partial charge < -0.3 is 15.0 Å². The number of aryl methyl sites for hydroxylation is 2. The van der Waals surface area contributed by atoms with Gasteiger partial charge in [-0.2, -0.15) is 0 Å². The highest BCUT2D eigenvalue weighted by Crippen LogP contribution is 2.32. The van der Waals surface area contributed by atoms with Crippen LogP contribution in [0, 0.1) is 13.8 Å². The molecule has 3 rings (SSSR count). The minimum atomic E-state index is -0.0147. The lowest BCUT2D eigenvalue weighted by molar-refractivity contribution is 0.0952. The Labute approximate surface area is 172 Å². The lowest BCUT2D eigenvalue weighted by Crippen LogP contribution is -2.39. The second kappa shape index (κ2) is 9.52. The Morgan fingerprint density at radius 1 is 1.36 bits per heavy atom. The summed E-state index contributed by atoms with van der Waals surface area (Å²) in [6.07, 6.45) is 4.91. The predicted octanol–water partition coefficient (Wildman–Crippen LogP) is 4.43. The summed E-state index contributed by atoms with van der Waals surface area (Å²) in [6.45, 7) is 9.20. The molecule has 1 aromatic heterocycles.